The fourth-order valence-electron chi connectivity index (χ4n) is 2.26. The highest BCUT2D eigenvalue weighted by Crippen LogP contribution is 2.31. The van der Waals surface area contributed by atoms with Crippen LogP contribution < -0.4 is 10.5 Å². The second kappa shape index (κ2) is 6.77. The molecule has 1 amide bonds. The fourth-order valence-corrected chi connectivity index (χ4v) is 3.46. The number of amides is 1. The van der Waals surface area contributed by atoms with E-state index in [0.717, 1.165) is 25.1 Å². The van der Waals surface area contributed by atoms with Crippen molar-refractivity contribution >= 4 is 44.9 Å². The largest absolute Gasteiger partial charge is 0.443 e. The number of halogens is 1. The average Bonchev–Trinajstić information content (AvgIpc) is 2.82. The summed E-state index contributed by atoms with van der Waals surface area (Å²) in [5.74, 6) is -2.19. The number of benzene rings is 1. The molecule has 0 unspecified atom stereocenters. The van der Waals surface area contributed by atoms with E-state index < -0.39 is 48.7 Å². The first-order valence-electron chi connectivity index (χ1n) is 6.86. The number of nitrogens with zero attached hydrogens (tertiary/aromatic N) is 1. The van der Waals surface area contributed by atoms with Crippen LogP contribution in [0.25, 0.3) is 0 Å². The van der Waals surface area contributed by atoms with Crippen LogP contribution in [-0.4, -0.2) is 25.0 Å². The number of nitrogens with one attached hydrogen (secondary N) is 1. The molecule has 10 nitrogen and oxygen atoms in total. The lowest BCUT2D eigenvalue weighted by Crippen LogP contribution is -2.19. The smallest absolute Gasteiger partial charge is 0.289 e. The molecule has 0 aliphatic carbocycles. The van der Waals surface area contributed by atoms with E-state index >= 15 is 0 Å². The number of aryl methyl sites for hydroxylation is 1. The number of hydrogen-bond acceptors (Lipinski definition) is 7. The molecular weight excluding hydrogens is 390 g/mol. The minimum atomic E-state index is -4.40. The first-order valence-corrected chi connectivity index (χ1v) is 8.72. The minimum absolute atomic E-state index is 0.00825. The number of sulfonamides is 1. The van der Waals surface area contributed by atoms with Crippen molar-refractivity contribution in [1.29, 1.82) is 0 Å². The number of ketones is 1. The molecule has 0 aliphatic rings. The standard InChI is InChI=1S/C14H12ClN3O7S/c1-6(19)11-7(2)25-14(12(11)13(16)20)17-26(23,24)8-3-4-9(15)10(5-8)18(21)22/h3-5,17H,1-2H3,(H2,16,20). The lowest BCUT2D eigenvalue weighted by atomic mass is 10.1. The van der Waals surface area contributed by atoms with Gasteiger partial charge in [0, 0.05) is 6.07 Å². The maximum atomic E-state index is 12.5. The van der Waals surface area contributed by atoms with Crippen LogP contribution in [0, 0.1) is 17.0 Å². The number of rotatable bonds is 6. The van der Waals surface area contributed by atoms with Crippen LogP contribution in [0.2, 0.25) is 5.02 Å². The van der Waals surface area contributed by atoms with E-state index in [1.165, 1.54) is 6.92 Å². The summed E-state index contributed by atoms with van der Waals surface area (Å²) in [5, 5.41) is 10.7. The summed E-state index contributed by atoms with van der Waals surface area (Å²) in [6.45, 7) is 2.51. The van der Waals surface area contributed by atoms with E-state index in [1.54, 1.807) is 0 Å². The molecule has 0 fully saturated rings. The van der Waals surface area contributed by atoms with E-state index in [1.807, 2.05) is 4.72 Å². The summed E-state index contributed by atoms with van der Waals surface area (Å²) < 4.78 is 32.1. The number of carbonyl (C=O) groups is 2. The van der Waals surface area contributed by atoms with Crippen molar-refractivity contribution in [3.05, 3.63) is 50.2 Å². The predicted octanol–water partition coefficient (Wildman–Crippen LogP) is 2.25. The summed E-state index contributed by atoms with van der Waals surface area (Å²) >= 11 is 5.65. The summed E-state index contributed by atoms with van der Waals surface area (Å²) in [7, 11) is -4.40. The van der Waals surface area contributed by atoms with Crippen LogP contribution in [0.15, 0.2) is 27.5 Å². The molecule has 2 rings (SSSR count). The number of anilines is 1. The van der Waals surface area contributed by atoms with E-state index in [4.69, 9.17) is 21.8 Å². The van der Waals surface area contributed by atoms with Gasteiger partial charge in [0.2, 0.25) is 5.88 Å². The summed E-state index contributed by atoms with van der Waals surface area (Å²) in [4.78, 5) is 32.9. The molecule has 3 N–H and O–H groups in total. The molecule has 0 radical (unpaired) electrons. The fraction of sp³-hybridized carbons (Fsp3) is 0.143. The summed E-state index contributed by atoms with van der Waals surface area (Å²) in [5.41, 5.74) is 4.01. The second-order valence-electron chi connectivity index (χ2n) is 5.13. The third-order valence-electron chi connectivity index (χ3n) is 3.33. The molecule has 12 heteroatoms. The highest BCUT2D eigenvalue weighted by Gasteiger charge is 2.29. The normalized spacial score (nSPS) is 11.2. The molecule has 1 aromatic carbocycles. The molecule has 138 valence electrons. The lowest BCUT2D eigenvalue weighted by Gasteiger charge is -2.07. The Hall–Kier alpha value is -2.92. The molecule has 2 aromatic rings. The molecule has 0 bridgehead atoms. The first kappa shape index (κ1) is 19.4. The Morgan fingerprint density at radius 3 is 2.42 bits per heavy atom. The highest BCUT2D eigenvalue weighted by molar-refractivity contribution is 7.92. The van der Waals surface area contributed by atoms with Gasteiger partial charge in [0.05, 0.1) is 15.4 Å². The molecule has 26 heavy (non-hydrogen) atoms. The van der Waals surface area contributed by atoms with Crippen molar-refractivity contribution in [3.8, 4) is 0 Å². The molecule has 1 heterocycles. The van der Waals surface area contributed by atoms with Crippen molar-refractivity contribution in [2.75, 3.05) is 4.72 Å². The molecular formula is C14H12ClN3O7S. The Bertz CT molecular complexity index is 1040. The highest BCUT2D eigenvalue weighted by atomic mass is 35.5. The van der Waals surface area contributed by atoms with Gasteiger partial charge in [-0.15, -0.1) is 0 Å². The monoisotopic (exact) mass is 401 g/mol. The second-order valence-corrected chi connectivity index (χ2v) is 7.22. The van der Waals surface area contributed by atoms with Crippen LogP contribution in [0.4, 0.5) is 11.6 Å². The van der Waals surface area contributed by atoms with Gasteiger partial charge in [-0.3, -0.25) is 19.7 Å². The molecule has 0 saturated carbocycles. The van der Waals surface area contributed by atoms with E-state index in [9.17, 15) is 28.1 Å². The average molecular weight is 402 g/mol. The Balaban J connectivity index is 2.56. The van der Waals surface area contributed by atoms with Crippen LogP contribution in [0.3, 0.4) is 0 Å². The zero-order valence-electron chi connectivity index (χ0n) is 13.4. The van der Waals surface area contributed by atoms with Crippen LogP contribution in [0.5, 0.6) is 0 Å². The van der Waals surface area contributed by atoms with E-state index in [0.29, 0.717) is 0 Å². The minimum Gasteiger partial charge on any atom is -0.443 e. The van der Waals surface area contributed by atoms with Gasteiger partial charge in [0.25, 0.3) is 21.6 Å². The molecule has 0 atom stereocenters. The number of nitro groups is 1. The molecule has 0 spiro atoms. The zero-order chi connectivity index (χ0) is 19.8. The first-order chi connectivity index (χ1) is 12.0. The summed E-state index contributed by atoms with van der Waals surface area (Å²) in [6, 6.07) is 2.82. The van der Waals surface area contributed by atoms with Crippen molar-refractivity contribution in [2.24, 2.45) is 5.73 Å². The van der Waals surface area contributed by atoms with Gasteiger partial charge in [-0.1, -0.05) is 11.6 Å². The number of nitrogens with two attached hydrogens (primary N) is 1. The number of furan rings is 1. The number of carbonyl (C=O) groups excluding carboxylic acids is 2. The van der Waals surface area contributed by atoms with E-state index in [-0.39, 0.29) is 16.3 Å². The van der Waals surface area contributed by atoms with Crippen molar-refractivity contribution < 1.29 is 27.3 Å². The van der Waals surface area contributed by atoms with Gasteiger partial charge in [-0.05, 0) is 26.0 Å². The van der Waals surface area contributed by atoms with Crippen LogP contribution >= 0.6 is 11.6 Å². The third kappa shape index (κ3) is 3.53. The van der Waals surface area contributed by atoms with Gasteiger partial charge in [0.15, 0.2) is 5.78 Å². The number of nitro benzene ring substituents is 1. The van der Waals surface area contributed by atoms with Crippen molar-refractivity contribution in [2.45, 2.75) is 18.7 Å². The number of primary amides is 1. The molecule has 0 saturated heterocycles. The topological polar surface area (TPSA) is 163 Å². The Labute approximate surface area is 152 Å². The maximum Gasteiger partial charge on any atom is 0.289 e. The van der Waals surface area contributed by atoms with E-state index in [2.05, 4.69) is 0 Å². The van der Waals surface area contributed by atoms with Crippen molar-refractivity contribution in [3.63, 3.8) is 0 Å². The third-order valence-corrected chi connectivity index (χ3v) is 4.98. The SMILES string of the molecule is CC(=O)c1c(C)oc(NS(=O)(=O)c2ccc(Cl)c([N+](=O)[O-])c2)c1C(N)=O. The van der Waals surface area contributed by atoms with Crippen LogP contribution in [-0.2, 0) is 10.0 Å². The van der Waals surface area contributed by atoms with Crippen molar-refractivity contribution in [1.82, 2.24) is 0 Å². The Morgan fingerprint density at radius 1 is 1.31 bits per heavy atom. The zero-order valence-corrected chi connectivity index (χ0v) is 15.0. The molecule has 1 aromatic heterocycles. The van der Waals surface area contributed by atoms with Gasteiger partial charge in [0.1, 0.15) is 16.3 Å². The predicted molar refractivity (Wildman–Crippen MR) is 90.9 cm³/mol. The van der Waals surface area contributed by atoms with Gasteiger partial charge >= 0.3 is 0 Å². The number of Topliss-reactive ketones (excluding diaryl/α,β-unsaturated/α-hetero) is 1. The maximum absolute atomic E-state index is 12.5. The lowest BCUT2D eigenvalue weighted by molar-refractivity contribution is -0.384. The Kier molecular flexibility index (Phi) is 5.05. The van der Waals surface area contributed by atoms with Gasteiger partial charge < -0.3 is 10.2 Å². The molecule has 0 aliphatic heterocycles. The summed E-state index contributed by atoms with van der Waals surface area (Å²) in [6.07, 6.45) is 0. The van der Waals surface area contributed by atoms with Crippen LogP contribution in [0.1, 0.15) is 33.4 Å². The Morgan fingerprint density at radius 2 is 1.92 bits per heavy atom. The van der Waals surface area contributed by atoms with Gasteiger partial charge in [-0.2, -0.15) is 0 Å². The quantitative estimate of drug-likeness (QED) is 0.425. The van der Waals surface area contributed by atoms with Gasteiger partial charge in [-0.25, -0.2) is 13.1 Å². The number of hydrogen-bond donors (Lipinski definition) is 2.